The number of carbonyl (C=O) groups is 2. The quantitative estimate of drug-likeness (QED) is 0.767. The molecule has 7 heteroatoms. The number of hydrogen-bond donors (Lipinski definition) is 1. The molecule has 2 aromatic carbocycles. The summed E-state index contributed by atoms with van der Waals surface area (Å²) in [7, 11) is 0. The molecule has 0 aromatic heterocycles. The Morgan fingerprint density at radius 2 is 1.82 bits per heavy atom. The number of halogens is 1. The van der Waals surface area contributed by atoms with Gasteiger partial charge in [-0.3, -0.25) is 9.59 Å². The predicted octanol–water partition coefficient (Wildman–Crippen LogP) is 3.67. The molecule has 6 nitrogen and oxygen atoms in total. The maximum absolute atomic E-state index is 12.2. The number of likely N-dealkylation sites (tertiary alicyclic amines) is 1. The lowest BCUT2D eigenvalue weighted by atomic mass is 10.2. The van der Waals surface area contributed by atoms with E-state index in [0.717, 1.165) is 31.5 Å². The van der Waals surface area contributed by atoms with Gasteiger partial charge in [-0.1, -0.05) is 23.7 Å². The Labute approximate surface area is 169 Å². The first-order valence-electron chi connectivity index (χ1n) is 9.21. The monoisotopic (exact) mass is 402 g/mol. The molecule has 1 fully saturated rings. The second-order valence-corrected chi connectivity index (χ2v) is 7.01. The Hall–Kier alpha value is -2.73. The van der Waals surface area contributed by atoms with Crippen LogP contribution in [0.5, 0.6) is 11.5 Å². The second kappa shape index (κ2) is 9.46. The van der Waals surface area contributed by atoms with Crippen molar-refractivity contribution in [2.75, 3.05) is 31.6 Å². The van der Waals surface area contributed by atoms with Gasteiger partial charge in [-0.05, 0) is 44.0 Å². The van der Waals surface area contributed by atoms with Crippen LogP contribution < -0.4 is 14.8 Å². The van der Waals surface area contributed by atoms with Crippen molar-refractivity contribution in [1.82, 2.24) is 4.90 Å². The molecule has 0 spiro atoms. The van der Waals surface area contributed by atoms with E-state index < -0.39 is 0 Å². The van der Waals surface area contributed by atoms with Gasteiger partial charge < -0.3 is 19.7 Å². The number of anilines is 1. The van der Waals surface area contributed by atoms with Crippen molar-refractivity contribution < 1.29 is 19.1 Å². The summed E-state index contributed by atoms with van der Waals surface area (Å²) >= 11 is 6.05. The minimum absolute atomic E-state index is 0.00540. The van der Waals surface area contributed by atoms with E-state index in [4.69, 9.17) is 21.1 Å². The predicted molar refractivity (Wildman–Crippen MR) is 108 cm³/mol. The van der Waals surface area contributed by atoms with Crippen molar-refractivity contribution in [3.63, 3.8) is 0 Å². The average Bonchev–Trinajstić information content (AvgIpc) is 3.22. The summed E-state index contributed by atoms with van der Waals surface area (Å²) < 4.78 is 11.1. The molecule has 0 saturated carbocycles. The highest BCUT2D eigenvalue weighted by Crippen LogP contribution is 2.25. The van der Waals surface area contributed by atoms with Crippen LogP contribution in [0.2, 0.25) is 5.02 Å². The van der Waals surface area contributed by atoms with Crippen molar-refractivity contribution in [2.24, 2.45) is 0 Å². The molecule has 148 valence electrons. The van der Waals surface area contributed by atoms with E-state index in [1.54, 1.807) is 47.4 Å². The minimum Gasteiger partial charge on any atom is -0.484 e. The van der Waals surface area contributed by atoms with Gasteiger partial charge in [0, 0.05) is 35.4 Å². The van der Waals surface area contributed by atoms with Gasteiger partial charge in [0.05, 0.1) is 0 Å². The highest BCUT2D eigenvalue weighted by atomic mass is 35.5. The van der Waals surface area contributed by atoms with E-state index in [1.807, 2.05) is 6.92 Å². The van der Waals surface area contributed by atoms with Gasteiger partial charge in [-0.25, -0.2) is 0 Å². The van der Waals surface area contributed by atoms with E-state index in [-0.39, 0.29) is 25.0 Å². The van der Waals surface area contributed by atoms with E-state index >= 15 is 0 Å². The number of hydrogen-bond acceptors (Lipinski definition) is 4. The first kappa shape index (κ1) is 20.0. The van der Waals surface area contributed by atoms with Crippen molar-refractivity contribution in [3.8, 4) is 11.5 Å². The molecule has 0 unspecified atom stereocenters. The van der Waals surface area contributed by atoms with Gasteiger partial charge in [0.15, 0.2) is 13.2 Å². The van der Waals surface area contributed by atoms with Gasteiger partial charge >= 0.3 is 0 Å². The Morgan fingerprint density at radius 3 is 2.61 bits per heavy atom. The van der Waals surface area contributed by atoms with Crippen LogP contribution in [0.4, 0.5) is 5.69 Å². The first-order valence-corrected chi connectivity index (χ1v) is 9.59. The van der Waals surface area contributed by atoms with Crippen molar-refractivity contribution >= 4 is 29.1 Å². The Balaban J connectivity index is 1.50. The third kappa shape index (κ3) is 5.39. The molecule has 1 N–H and O–H groups in total. The third-order valence-corrected chi connectivity index (χ3v) is 4.93. The molecule has 0 aliphatic carbocycles. The number of ether oxygens (including phenoxy) is 2. The lowest BCUT2D eigenvalue weighted by Gasteiger charge is -2.16. The smallest absolute Gasteiger partial charge is 0.262 e. The second-order valence-electron chi connectivity index (χ2n) is 6.60. The van der Waals surface area contributed by atoms with Gasteiger partial charge in [0.25, 0.3) is 11.8 Å². The lowest BCUT2D eigenvalue weighted by molar-refractivity contribution is -0.132. The fourth-order valence-corrected chi connectivity index (χ4v) is 3.12. The Bertz CT molecular complexity index is 850. The molecule has 28 heavy (non-hydrogen) atoms. The number of rotatable bonds is 7. The van der Waals surface area contributed by atoms with Crippen LogP contribution in [0.1, 0.15) is 18.4 Å². The number of benzene rings is 2. The molecular weight excluding hydrogens is 380 g/mol. The zero-order chi connectivity index (χ0) is 19.9. The molecule has 2 amide bonds. The fraction of sp³-hybridized carbons (Fsp3) is 0.333. The molecule has 1 heterocycles. The van der Waals surface area contributed by atoms with Crippen molar-refractivity contribution in [1.29, 1.82) is 0 Å². The van der Waals surface area contributed by atoms with Gasteiger partial charge in [-0.15, -0.1) is 0 Å². The van der Waals surface area contributed by atoms with Crippen molar-refractivity contribution in [3.05, 3.63) is 53.1 Å². The summed E-state index contributed by atoms with van der Waals surface area (Å²) in [5.74, 6) is 0.777. The number of carbonyl (C=O) groups excluding carboxylic acids is 2. The van der Waals surface area contributed by atoms with Crippen LogP contribution in [-0.4, -0.2) is 43.0 Å². The maximum Gasteiger partial charge on any atom is 0.262 e. The first-order chi connectivity index (χ1) is 13.5. The molecule has 1 aliphatic rings. The van der Waals surface area contributed by atoms with E-state index in [1.165, 1.54) is 0 Å². The Kier molecular flexibility index (Phi) is 6.76. The minimum atomic E-state index is -0.301. The molecule has 1 aliphatic heterocycles. The number of amides is 2. The van der Waals surface area contributed by atoms with Gasteiger partial charge in [-0.2, -0.15) is 0 Å². The summed E-state index contributed by atoms with van der Waals surface area (Å²) in [6, 6.07) is 12.2. The fourth-order valence-electron chi connectivity index (χ4n) is 2.95. The van der Waals surface area contributed by atoms with E-state index in [2.05, 4.69) is 5.32 Å². The van der Waals surface area contributed by atoms with E-state index in [9.17, 15) is 9.59 Å². The molecule has 3 rings (SSSR count). The largest absolute Gasteiger partial charge is 0.484 e. The van der Waals surface area contributed by atoms with Gasteiger partial charge in [0.1, 0.15) is 11.5 Å². The average molecular weight is 403 g/mol. The zero-order valence-corrected chi connectivity index (χ0v) is 16.5. The Morgan fingerprint density at radius 1 is 1.07 bits per heavy atom. The van der Waals surface area contributed by atoms with Crippen LogP contribution in [0, 0.1) is 6.92 Å². The highest BCUT2D eigenvalue weighted by Gasteiger charge is 2.18. The SMILES string of the molecule is Cc1c(Cl)cccc1OCC(=O)Nc1cccc(OCC(=O)N2CCCC2)c1. The van der Waals surface area contributed by atoms with Crippen LogP contribution in [0.25, 0.3) is 0 Å². The number of nitrogens with one attached hydrogen (secondary N) is 1. The van der Waals surface area contributed by atoms with Crippen LogP contribution in [-0.2, 0) is 9.59 Å². The lowest BCUT2D eigenvalue weighted by Crippen LogP contribution is -2.32. The standard InChI is InChI=1S/C21H23ClN2O4/c1-15-18(22)8-5-9-19(15)28-13-20(25)23-16-6-4-7-17(12-16)27-14-21(26)24-10-2-3-11-24/h4-9,12H,2-3,10-11,13-14H2,1H3,(H,23,25). The molecule has 0 bridgehead atoms. The zero-order valence-electron chi connectivity index (χ0n) is 15.7. The van der Waals surface area contributed by atoms with Crippen LogP contribution >= 0.6 is 11.6 Å². The summed E-state index contributed by atoms with van der Waals surface area (Å²) in [5, 5.41) is 3.35. The summed E-state index contributed by atoms with van der Waals surface area (Å²) in [6.45, 7) is 3.28. The van der Waals surface area contributed by atoms with Crippen LogP contribution in [0.3, 0.4) is 0 Å². The summed E-state index contributed by atoms with van der Waals surface area (Å²) in [5.41, 5.74) is 1.36. The highest BCUT2D eigenvalue weighted by molar-refractivity contribution is 6.31. The topological polar surface area (TPSA) is 67.9 Å². The van der Waals surface area contributed by atoms with E-state index in [0.29, 0.717) is 22.2 Å². The normalized spacial score (nSPS) is 13.3. The summed E-state index contributed by atoms with van der Waals surface area (Å²) in [4.78, 5) is 26.0. The molecule has 1 saturated heterocycles. The molecule has 0 atom stereocenters. The van der Waals surface area contributed by atoms with Crippen molar-refractivity contribution in [2.45, 2.75) is 19.8 Å². The maximum atomic E-state index is 12.2. The summed E-state index contributed by atoms with van der Waals surface area (Å²) in [6.07, 6.45) is 2.09. The third-order valence-electron chi connectivity index (χ3n) is 4.52. The molecular formula is C21H23ClN2O4. The van der Waals surface area contributed by atoms with Crippen LogP contribution in [0.15, 0.2) is 42.5 Å². The van der Waals surface area contributed by atoms with Gasteiger partial charge in [0.2, 0.25) is 0 Å². The number of nitrogens with zero attached hydrogens (tertiary/aromatic N) is 1. The molecule has 2 aromatic rings. The molecule has 0 radical (unpaired) electrons.